The second-order valence-electron chi connectivity index (χ2n) is 4.57. The van der Waals surface area contributed by atoms with E-state index in [-0.39, 0.29) is 0 Å². The molecule has 0 amide bonds. The van der Waals surface area contributed by atoms with E-state index in [1.165, 1.54) is 0 Å². The monoisotopic (exact) mass is 256 g/mol. The van der Waals surface area contributed by atoms with Gasteiger partial charge in [0.2, 0.25) is 0 Å². The SMILES string of the molecule is CCCOc1ccc(Nc2ccc(C)c(N)c2)cc1. The van der Waals surface area contributed by atoms with Gasteiger partial charge in [-0.2, -0.15) is 0 Å². The van der Waals surface area contributed by atoms with E-state index in [1.54, 1.807) is 0 Å². The molecule has 0 fully saturated rings. The van der Waals surface area contributed by atoms with Crippen molar-refractivity contribution < 1.29 is 4.74 Å². The summed E-state index contributed by atoms with van der Waals surface area (Å²) < 4.78 is 5.55. The molecule has 100 valence electrons. The molecule has 0 heterocycles. The number of hydrogen-bond donors (Lipinski definition) is 2. The largest absolute Gasteiger partial charge is 0.494 e. The molecule has 2 rings (SSSR count). The maximum atomic E-state index is 5.89. The number of nitrogens with two attached hydrogens (primary N) is 1. The molecule has 3 N–H and O–H groups in total. The summed E-state index contributed by atoms with van der Waals surface area (Å²) in [6.45, 7) is 4.85. The average Bonchev–Trinajstić information content (AvgIpc) is 2.42. The number of benzene rings is 2. The zero-order valence-electron chi connectivity index (χ0n) is 11.4. The summed E-state index contributed by atoms with van der Waals surface area (Å²) in [5, 5.41) is 3.32. The van der Waals surface area contributed by atoms with E-state index in [2.05, 4.69) is 12.2 Å². The Hall–Kier alpha value is -2.16. The third-order valence-corrected chi connectivity index (χ3v) is 2.90. The molecule has 0 saturated heterocycles. The Labute approximate surface area is 114 Å². The van der Waals surface area contributed by atoms with E-state index in [0.29, 0.717) is 0 Å². The Morgan fingerprint density at radius 1 is 1.05 bits per heavy atom. The predicted octanol–water partition coefficient (Wildman–Crippen LogP) is 4.11. The van der Waals surface area contributed by atoms with E-state index >= 15 is 0 Å². The lowest BCUT2D eigenvalue weighted by Gasteiger charge is -2.10. The van der Waals surface area contributed by atoms with Crippen molar-refractivity contribution in [3.05, 3.63) is 48.0 Å². The van der Waals surface area contributed by atoms with Gasteiger partial charge in [0.25, 0.3) is 0 Å². The second-order valence-corrected chi connectivity index (χ2v) is 4.57. The van der Waals surface area contributed by atoms with Gasteiger partial charge >= 0.3 is 0 Å². The van der Waals surface area contributed by atoms with Crippen molar-refractivity contribution in [1.82, 2.24) is 0 Å². The number of nitrogens with one attached hydrogen (secondary N) is 1. The molecule has 3 heteroatoms. The van der Waals surface area contributed by atoms with Crippen LogP contribution in [0.3, 0.4) is 0 Å². The van der Waals surface area contributed by atoms with Gasteiger partial charge in [0.1, 0.15) is 5.75 Å². The summed E-state index contributed by atoms with van der Waals surface area (Å²) in [5.41, 5.74) is 9.80. The molecule has 0 bridgehead atoms. The maximum absolute atomic E-state index is 5.89. The van der Waals surface area contributed by atoms with E-state index in [1.807, 2.05) is 49.4 Å². The molecule has 0 aliphatic rings. The molecule has 0 saturated carbocycles. The molecule has 0 aliphatic heterocycles. The van der Waals surface area contributed by atoms with Gasteiger partial charge in [-0.15, -0.1) is 0 Å². The number of aryl methyl sites for hydroxylation is 1. The van der Waals surface area contributed by atoms with E-state index in [0.717, 1.165) is 41.4 Å². The maximum Gasteiger partial charge on any atom is 0.119 e. The Kier molecular flexibility index (Phi) is 4.29. The summed E-state index contributed by atoms with van der Waals surface area (Å²) in [6.07, 6.45) is 1.02. The Balaban J connectivity index is 2.04. The zero-order chi connectivity index (χ0) is 13.7. The van der Waals surface area contributed by atoms with Crippen molar-refractivity contribution in [3.8, 4) is 5.75 Å². The summed E-state index contributed by atoms with van der Waals surface area (Å²) in [5.74, 6) is 0.899. The summed E-state index contributed by atoms with van der Waals surface area (Å²) in [4.78, 5) is 0. The molecule has 0 radical (unpaired) electrons. The van der Waals surface area contributed by atoms with Crippen LogP contribution in [0.1, 0.15) is 18.9 Å². The molecule has 0 aliphatic carbocycles. The van der Waals surface area contributed by atoms with Crippen LogP contribution in [0.2, 0.25) is 0 Å². The van der Waals surface area contributed by atoms with Crippen LogP contribution in [-0.4, -0.2) is 6.61 Å². The highest BCUT2D eigenvalue weighted by Gasteiger charge is 1.99. The van der Waals surface area contributed by atoms with E-state index < -0.39 is 0 Å². The third kappa shape index (κ3) is 3.65. The molecule has 2 aromatic carbocycles. The van der Waals surface area contributed by atoms with E-state index in [9.17, 15) is 0 Å². The summed E-state index contributed by atoms with van der Waals surface area (Å²) in [7, 11) is 0. The average molecular weight is 256 g/mol. The van der Waals surface area contributed by atoms with Crippen molar-refractivity contribution in [2.45, 2.75) is 20.3 Å². The van der Waals surface area contributed by atoms with Crippen LogP contribution in [0.25, 0.3) is 0 Å². The number of ether oxygens (including phenoxy) is 1. The molecular weight excluding hydrogens is 236 g/mol. The van der Waals surface area contributed by atoms with Crippen molar-refractivity contribution >= 4 is 17.1 Å². The summed E-state index contributed by atoms with van der Waals surface area (Å²) >= 11 is 0. The molecule has 0 unspecified atom stereocenters. The Bertz CT molecular complexity index is 535. The van der Waals surface area contributed by atoms with Gasteiger partial charge in [0.05, 0.1) is 6.61 Å². The van der Waals surface area contributed by atoms with Crippen molar-refractivity contribution in [3.63, 3.8) is 0 Å². The molecule has 0 aromatic heterocycles. The van der Waals surface area contributed by atoms with E-state index in [4.69, 9.17) is 10.5 Å². The molecule has 3 nitrogen and oxygen atoms in total. The van der Waals surface area contributed by atoms with Gasteiger partial charge in [-0.1, -0.05) is 13.0 Å². The lowest BCUT2D eigenvalue weighted by molar-refractivity contribution is 0.317. The van der Waals surface area contributed by atoms with Crippen LogP contribution in [0.5, 0.6) is 5.75 Å². The highest BCUT2D eigenvalue weighted by Crippen LogP contribution is 2.23. The standard InChI is InChI=1S/C16H20N2O/c1-3-10-19-15-8-6-13(7-9-15)18-14-5-4-12(2)16(17)11-14/h4-9,11,18H,3,10,17H2,1-2H3. The third-order valence-electron chi connectivity index (χ3n) is 2.90. The molecular formula is C16H20N2O. The lowest BCUT2D eigenvalue weighted by atomic mass is 10.2. The first kappa shape index (κ1) is 13.3. The molecule has 2 aromatic rings. The van der Waals surface area contributed by atoms with Crippen molar-refractivity contribution in [1.29, 1.82) is 0 Å². The Morgan fingerprint density at radius 2 is 1.74 bits per heavy atom. The fraction of sp³-hybridized carbons (Fsp3) is 0.250. The topological polar surface area (TPSA) is 47.3 Å². The minimum Gasteiger partial charge on any atom is -0.494 e. The van der Waals surface area contributed by atoms with Crippen LogP contribution in [-0.2, 0) is 0 Å². The lowest BCUT2D eigenvalue weighted by Crippen LogP contribution is -1.96. The predicted molar refractivity (Wildman–Crippen MR) is 81.1 cm³/mol. The highest BCUT2D eigenvalue weighted by molar-refractivity contribution is 5.65. The van der Waals surface area contributed by atoms with Crippen LogP contribution < -0.4 is 15.8 Å². The fourth-order valence-electron chi connectivity index (χ4n) is 1.74. The van der Waals surface area contributed by atoms with Gasteiger partial charge in [0.15, 0.2) is 0 Å². The van der Waals surface area contributed by atoms with Gasteiger partial charge in [-0.05, 0) is 55.3 Å². The minimum absolute atomic E-state index is 0.751. The number of nitrogen functional groups attached to an aromatic ring is 1. The fourth-order valence-corrected chi connectivity index (χ4v) is 1.74. The Morgan fingerprint density at radius 3 is 2.37 bits per heavy atom. The zero-order valence-corrected chi connectivity index (χ0v) is 11.4. The number of hydrogen-bond acceptors (Lipinski definition) is 3. The second kappa shape index (κ2) is 6.14. The van der Waals surface area contributed by atoms with Crippen molar-refractivity contribution in [2.24, 2.45) is 0 Å². The normalized spacial score (nSPS) is 10.2. The highest BCUT2D eigenvalue weighted by atomic mass is 16.5. The first-order chi connectivity index (χ1) is 9.19. The number of anilines is 3. The smallest absolute Gasteiger partial charge is 0.119 e. The van der Waals surface area contributed by atoms with Crippen LogP contribution in [0.15, 0.2) is 42.5 Å². The molecule has 0 spiro atoms. The van der Waals surface area contributed by atoms with Gasteiger partial charge in [-0.25, -0.2) is 0 Å². The minimum atomic E-state index is 0.751. The summed E-state index contributed by atoms with van der Waals surface area (Å²) in [6, 6.07) is 13.9. The first-order valence-electron chi connectivity index (χ1n) is 6.55. The van der Waals surface area contributed by atoms with Crippen molar-refractivity contribution in [2.75, 3.05) is 17.7 Å². The van der Waals surface area contributed by atoms with Crippen LogP contribution >= 0.6 is 0 Å². The van der Waals surface area contributed by atoms with Gasteiger partial charge in [0, 0.05) is 17.1 Å². The quantitative estimate of drug-likeness (QED) is 0.791. The van der Waals surface area contributed by atoms with Crippen LogP contribution in [0, 0.1) is 6.92 Å². The van der Waals surface area contributed by atoms with Gasteiger partial charge in [-0.3, -0.25) is 0 Å². The van der Waals surface area contributed by atoms with Gasteiger partial charge < -0.3 is 15.8 Å². The number of rotatable bonds is 5. The molecule has 19 heavy (non-hydrogen) atoms. The first-order valence-corrected chi connectivity index (χ1v) is 6.55. The van der Waals surface area contributed by atoms with Crippen LogP contribution in [0.4, 0.5) is 17.1 Å². The molecule has 0 atom stereocenters.